The molecular formula is C9H11N3O3S. The van der Waals surface area contributed by atoms with Crippen molar-refractivity contribution in [2.45, 2.75) is 4.90 Å². The van der Waals surface area contributed by atoms with Gasteiger partial charge in [0.15, 0.2) is 9.84 Å². The fourth-order valence-electron chi connectivity index (χ4n) is 0.972. The van der Waals surface area contributed by atoms with Gasteiger partial charge in [-0.1, -0.05) is 12.1 Å². The Balaban J connectivity index is 2.80. The molecule has 1 aromatic carbocycles. The van der Waals surface area contributed by atoms with Crippen molar-refractivity contribution in [1.29, 1.82) is 0 Å². The second-order valence-electron chi connectivity index (χ2n) is 3.08. The van der Waals surface area contributed by atoms with E-state index >= 15 is 0 Å². The average molecular weight is 241 g/mol. The molecule has 0 fully saturated rings. The van der Waals surface area contributed by atoms with E-state index in [4.69, 9.17) is 5.73 Å². The van der Waals surface area contributed by atoms with Gasteiger partial charge in [-0.2, -0.15) is 5.10 Å². The molecule has 0 atom stereocenters. The number of nitrogens with one attached hydrogen (secondary N) is 1. The molecule has 0 spiro atoms. The van der Waals surface area contributed by atoms with E-state index in [1.54, 1.807) is 12.1 Å². The summed E-state index contributed by atoms with van der Waals surface area (Å²) < 4.78 is 22.3. The van der Waals surface area contributed by atoms with Crippen LogP contribution in [0.15, 0.2) is 34.3 Å². The largest absolute Gasteiger partial charge is 0.350 e. The first kappa shape index (κ1) is 12.2. The van der Waals surface area contributed by atoms with E-state index < -0.39 is 15.9 Å². The Bertz CT molecular complexity index is 505. The zero-order valence-corrected chi connectivity index (χ0v) is 9.36. The SMILES string of the molecule is CS(=O)(=O)c1ccc(C=NNC(N)=O)cc1. The van der Waals surface area contributed by atoms with Gasteiger partial charge in [0.1, 0.15) is 0 Å². The Morgan fingerprint density at radius 2 is 1.94 bits per heavy atom. The highest BCUT2D eigenvalue weighted by Crippen LogP contribution is 2.08. The third-order valence-electron chi connectivity index (χ3n) is 1.70. The van der Waals surface area contributed by atoms with Crippen molar-refractivity contribution in [2.75, 3.05) is 6.26 Å². The van der Waals surface area contributed by atoms with Gasteiger partial charge in [0.25, 0.3) is 0 Å². The molecule has 0 aliphatic carbocycles. The van der Waals surface area contributed by atoms with Crippen LogP contribution in [0.2, 0.25) is 0 Å². The first-order valence-corrected chi connectivity index (χ1v) is 6.17. The lowest BCUT2D eigenvalue weighted by Crippen LogP contribution is -2.24. The number of rotatable bonds is 3. The molecule has 0 saturated heterocycles. The highest BCUT2D eigenvalue weighted by atomic mass is 32.2. The molecule has 7 heteroatoms. The van der Waals surface area contributed by atoms with E-state index in [-0.39, 0.29) is 4.90 Å². The van der Waals surface area contributed by atoms with Gasteiger partial charge in [-0.3, -0.25) is 0 Å². The lowest BCUT2D eigenvalue weighted by Gasteiger charge is -1.98. The summed E-state index contributed by atoms with van der Waals surface area (Å²) in [6.45, 7) is 0. The fraction of sp³-hybridized carbons (Fsp3) is 0.111. The molecular weight excluding hydrogens is 230 g/mol. The van der Waals surface area contributed by atoms with E-state index in [2.05, 4.69) is 5.10 Å². The van der Waals surface area contributed by atoms with Crippen LogP contribution >= 0.6 is 0 Å². The minimum atomic E-state index is -3.19. The number of primary amides is 1. The van der Waals surface area contributed by atoms with E-state index in [1.807, 2.05) is 5.43 Å². The Morgan fingerprint density at radius 1 is 1.38 bits per heavy atom. The average Bonchev–Trinajstić information content (AvgIpc) is 2.16. The Morgan fingerprint density at radius 3 is 2.38 bits per heavy atom. The highest BCUT2D eigenvalue weighted by Gasteiger charge is 2.05. The predicted octanol–water partition coefficient (Wildman–Crippen LogP) is 0.0923. The zero-order valence-electron chi connectivity index (χ0n) is 8.54. The van der Waals surface area contributed by atoms with Crippen molar-refractivity contribution < 1.29 is 13.2 Å². The molecule has 86 valence electrons. The topological polar surface area (TPSA) is 102 Å². The number of hydrogen-bond acceptors (Lipinski definition) is 4. The second-order valence-corrected chi connectivity index (χ2v) is 5.09. The van der Waals surface area contributed by atoms with Crippen molar-refractivity contribution in [2.24, 2.45) is 10.8 Å². The van der Waals surface area contributed by atoms with Crippen LogP contribution < -0.4 is 11.2 Å². The molecule has 1 aromatic rings. The monoisotopic (exact) mass is 241 g/mol. The van der Waals surface area contributed by atoms with Crippen LogP contribution in [0.3, 0.4) is 0 Å². The molecule has 0 unspecified atom stereocenters. The van der Waals surface area contributed by atoms with E-state index in [0.29, 0.717) is 5.56 Å². The molecule has 3 N–H and O–H groups in total. The van der Waals surface area contributed by atoms with Crippen LogP contribution in [-0.4, -0.2) is 26.9 Å². The minimum Gasteiger partial charge on any atom is -0.350 e. The third kappa shape index (κ3) is 3.70. The first-order chi connectivity index (χ1) is 7.39. The van der Waals surface area contributed by atoms with Gasteiger partial charge in [0.2, 0.25) is 0 Å². The standard InChI is InChI=1S/C9H11N3O3S/c1-16(14,15)8-4-2-7(3-5-8)6-11-12-9(10)13/h2-6H,1H3,(H3,10,12,13). The molecule has 2 amide bonds. The summed E-state index contributed by atoms with van der Waals surface area (Å²) in [6, 6.07) is 5.30. The quantitative estimate of drug-likeness (QED) is 0.579. The van der Waals surface area contributed by atoms with Gasteiger partial charge in [0.05, 0.1) is 11.1 Å². The molecule has 0 saturated carbocycles. The Labute approximate surface area is 93.1 Å². The smallest absolute Gasteiger partial charge is 0.332 e. The number of sulfone groups is 1. The van der Waals surface area contributed by atoms with E-state index in [1.165, 1.54) is 18.3 Å². The number of carbonyl (C=O) groups excluding carboxylic acids is 1. The number of benzene rings is 1. The molecule has 0 heterocycles. The Hall–Kier alpha value is -1.89. The third-order valence-corrected chi connectivity index (χ3v) is 2.83. The number of hydrogen-bond donors (Lipinski definition) is 2. The van der Waals surface area contributed by atoms with Gasteiger partial charge in [-0.15, -0.1) is 0 Å². The van der Waals surface area contributed by atoms with Gasteiger partial charge in [-0.25, -0.2) is 18.6 Å². The van der Waals surface area contributed by atoms with Crippen LogP contribution in [0.1, 0.15) is 5.56 Å². The second kappa shape index (κ2) is 4.75. The lowest BCUT2D eigenvalue weighted by molar-refractivity contribution is 0.249. The van der Waals surface area contributed by atoms with Gasteiger partial charge in [-0.05, 0) is 17.7 Å². The number of hydrazone groups is 1. The van der Waals surface area contributed by atoms with Crippen molar-refractivity contribution in [3.8, 4) is 0 Å². The van der Waals surface area contributed by atoms with Gasteiger partial charge < -0.3 is 5.73 Å². The van der Waals surface area contributed by atoms with Gasteiger partial charge >= 0.3 is 6.03 Å². The molecule has 0 radical (unpaired) electrons. The highest BCUT2D eigenvalue weighted by molar-refractivity contribution is 7.90. The van der Waals surface area contributed by atoms with Gasteiger partial charge in [0, 0.05) is 6.26 Å². The van der Waals surface area contributed by atoms with Crippen LogP contribution in [0.5, 0.6) is 0 Å². The maximum Gasteiger partial charge on any atom is 0.332 e. The maximum atomic E-state index is 11.1. The summed E-state index contributed by atoms with van der Waals surface area (Å²) in [5.74, 6) is 0. The van der Waals surface area contributed by atoms with Crippen LogP contribution in [0.4, 0.5) is 4.79 Å². The van der Waals surface area contributed by atoms with Crippen LogP contribution in [0, 0.1) is 0 Å². The molecule has 0 bridgehead atoms. The predicted molar refractivity (Wildman–Crippen MR) is 59.9 cm³/mol. The number of amides is 2. The molecule has 0 aliphatic heterocycles. The molecule has 0 aromatic heterocycles. The summed E-state index contributed by atoms with van der Waals surface area (Å²) in [7, 11) is -3.19. The number of nitrogens with zero attached hydrogens (tertiary/aromatic N) is 1. The lowest BCUT2D eigenvalue weighted by atomic mass is 10.2. The van der Waals surface area contributed by atoms with Crippen molar-refractivity contribution in [3.63, 3.8) is 0 Å². The summed E-state index contributed by atoms with van der Waals surface area (Å²) in [5.41, 5.74) is 7.48. The normalized spacial score (nSPS) is 11.6. The number of urea groups is 1. The molecule has 16 heavy (non-hydrogen) atoms. The Kier molecular flexibility index (Phi) is 3.62. The molecule has 0 aliphatic rings. The van der Waals surface area contributed by atoms with Crippen molar-refractivity contribution in [1.82, 2.24) is 5.43 Å². The number of carbonyl (C=O) groups is 1. The van der Waals surface area contributed by atoms with Crippen LogP contribution in [-0.2, 0) is 9.84 Å². The summed E-state index contributed by atoms with van der Waals surface area (Å²) in [4.78, 5) is 10.5. The van der Waals surface area contributed by atoms with Crippen molar-refractivity contribution in [3.05, 3.63) is 29.8 Å². The number of nitrogens with two attached hydrogens (primary N) is 1. The summed E-state index contributed by atoms with van der Waals surface area (Å²) >= 11 is 0. The molecule has 6 nitrogen and oxygen atoms in total. The summed E-state index contributed by atoms with van der Waals surface area (Å²) in [5, 5.41) is 3.53. The minimum absolute atomic E-state index is 0.229. The van der Waals surface area contributed by atoms with Crippen molar-refractivity contribution >= 4 is 22.1 Å². The zero-order chi connectivity index (χ0) is 12.2. The molecule has 1 rings (SSSR count). The first-order valence-electron chi connectivity index (χ1n) is 4.28. The van der Waals surface area contributed by atoms with E-state index in [0.717, 1.165) is 6.26 Å². The summed E-state index contributed by atoms with van der Waals surface area (Å²) in [6.07, 6.45) is 2.49. The van der Waals surface area contributed by atoms with E-state index in [9.17, 15) is 13.2 Å². The van der Waals surface area contributed by atoms with Crippen LogP contribution in [0.25, 0.3) is 0 Å². The fourth-order valence-corrected chi connectivity index (χ4v) is 1.60. The maximum absolute atomic E-state index is 11.1.